The molecule has 0 amide bonds. The molecule has 4 saturated carbocycles. The first-order valence-corrected chi connectivity index (χ1v) is 13.1. The van der Waals surface area contributed by atoms with Crippen LogP contribution in [0.2, 0.25) is 0 Å². The van der Waals surface area contributed by atoms with Crippen LogP contribution in [0.5, 0.6) is 0 Å². The van der Waals surface area contributed by atoms with Gasteiger partial charge in [0.05, 0.1) is 0 Å². The van der Waals surface area contributed by atoms with E-state index in [0.717, 1.165) is 53.6 Å². The van der Waals surface area contributed by atoms with Gasteiger partial charge in [0, 0.05) is 36.5 Å². The van der Waals surface area contributed by atoms with E-state index in [1.807, 2.05) is 12.1 Å². The van der Waals surface area contributed by atoms with Crippen molar-refractivity contribution in [2.45, 2.75) is 86.7 Å². The summed E-state index contributed by atoms with van der Waals surface area (Å²) in [4.78, 5) is 15.2. The summed E-state index contributed by atoms with van der Waals surface area (Å²) in [5, 5.41) is 19.8. The van der Waals surface area contributed by atoms with Gasteiger partial charge in [0.25, 0.3) is 0 Å². The number of aliphatic hydroxyl groups is 1. The summed E-state index contributed by atoms with van der Waals surface area (Å²) >= 11 is 1.55. The normalized spacial score (nSPS) is 28.3. The molecule has 4 aliphatic rings. The summed E-state index contributed by atoms with van der Waals surface area (Å²) in [5.41, 5.74) is 1.05. The molecule has 0 spiro atoms. The molecule has 0 aliphatic heterocycles. The van der Waals surface area contributed by atoms with Gasteiger partial charge in [-0.25, -0.2) is 4.79 Å². The second-order valence-corrected chi connectivity index (χ2v) is 11.2. The van der Waals surface area contributed by atoms with E-state index in [9.17, 15) is 23.1 Å². The first-order valence-electron chi connectivity index (χ1n) is 12.1. The molecule has 0 saturated heterocycles. The molecule has 7 nitrogen and oxygen atoms in total. The second-order valence-electron chi connectivity index (χ2n) is 10.3. The smallest absolute Gasteiger partial charge is 0.429 e. The number of thioether (sulfide) groups is 1. The number of hydrogen-bond donors (Lipinski definition) is 1. The van der Waals surface area contributed by atoms with E-state index in [2.05, 4.69) is 24.5 Å². The maximum Gasteiger partial charge on any atom is 0.491 e. The number of esters is 1. The number of pyridine rings is 1. The minimum atomic E-state index is -5.13. The predicted octanol–water partition coefficient (Wildman–Crippen LogP) is 4.64. The number of rotatable bonds is 9. The fourth-order valence-electron chi connectivity index (χ4n) is 6.68. The zero-order chi connectivity index (χ0) is 24.6. The molecule has 0 aromatic carbocycles. The Morgan fingerprint density at radius 2 is 1.89 bits per heavy atom. The fourth-order valence-corrected chi connectivity index (χ4v) is 7.58. The number of ether oxygens (including phenoxy) is 1. The van der Waals surface area contributed by atoms with Crippen molar-refractivity contribution in [2.24, 2.45) is 17.8 Å². The number of carbonyl (C=O) groups excluding carboxylic acids is 1. The van der Waals surface area contributed by atoms with Crippen molar-refractivity contribution >= 4 is 17.7 Å². The summed E-state index contributed by atoms with van der Waals surface area (Å²) in [7, 11) is 0. The van der Waals surface area contributed by atoms with Crippen molar-refractivity contribution in [2.75, 3.05) is 0 Å². The van der Waals surface area contributed by atoms with Crippen molar-refractivity contribution in [3.05, 3.63) is 35.9 Å². The Labute approximate surface area is 205 Å². The SMILES string of the molecule is O=C(OC(O)CCCn1c(SCc2cccnc2)nnc1C12CC3CC(CC(C3)C1)C2)C(F)(F)F. The lowest BCUT2D eigenvalue weighted by atomic mass is 9.49. The highest BCUT2D eigenvalue weighted by molar-refractivity contribution is 7.98. The van der Waals surface area contributed by atoms with Crippen LogP contribution in [0, 0.1) is 17.8 Å². The molecule has 6 rings (SSSR count). The lowest BCUT2D eigenvalue weighted by Crippen LogP contribution is -2.49. The third kappa shape index (κ3) is 5.35. The molecule has 190 valence electrons. The Balaban J connectivity index is 1.32. The van der Waals surface area contributed by atoms with Crippen LogP contribution in [0.4, 0.5) is 13.2 Å². The average molecular weight is 511 g/mol. The Bertz CT molecular complexity index is 1010. The molecule has 4 fully saturated rings. The Hall–Kier alpha value is -2.14. The largest absolute Gasteiger partial charge is 0.491 e. The quantitative estimate of drug-likeness (QED) is 0.299. The molecule has 11 heteroatoms. The highest BCUT2D eigenvalue weighted by Gasteiger charge is 2.54. The van der Waals surface area contributed by atoms with E-state index < -0.39 is 18.4 Å². The number of hydrogen-bond acceptors (Lipinski definition) is 7. The number of nitrogens with zero attached hydrogens (tertiary/aromatic N) is 4. The second kappa shape index (κ2) is 9.72. The third-order valence-electron chi connectivity index (χ3n) is 7.63. The van der Waals surface area contributed by atoms with E-state index >= 15 is 0 Å². The van der Waals surface area contributed by atoms with Gasteiger partial charge in [0.2, 0.25) is 6.29 Å². The summed E-state index contributed by atoms with van der Waals surface area (Å²) in [5.74, 6) is 1.42. The first-order chi connectivity index (χ1) is 16.7. The molecule has 2 aromatic heterocycles. The molecular weight excluding hydrogens is 481 g/mol. The predicted molar refractivity (Wildman–Crippen MR) is 121 cm³/mol. The van der Waals surface area contributed by atoms with Gasteiger partial charge in [-0.3, -0.25) is 4.98 Å². The molecule has 2 aromatic rings. The number of aliphatic hydroxyl groups excluding tert-OH is 1. The number of halogens is 3. The maximum absolute atomic E-state index is 12.4. The van der Waals surface area contributed by atoms with E-state index in [-0.39, 0.29) is 11.8 Å². The van der Waals surface area contributed by atoms with Gasteiger partial charge < -0.3 is 14.4 Å². The molecule has 1 atom stereocenters. The van der Waals surface area contributed by atoms with Crippen LogP contribution in [0.1, 0.15) is 62.8 Å². The first kappa shape index (κ1) is 24.5. The number of aromatic nitrogens is 4. The van der Waals surface area contributed by atoms with Gasteiger partial charge >= 0.3 is 12.1 Å². The third-order valence-corrected chi connectivity index (χ3v) is 8.67. The minimum absolute atomic E-state index is 0.00374. The highest BCUT2D eigenvalue weighted by atomic mass is 32.2. The molecule has 1 unspecified atom stereocenters. The van der Waals surface area contributed by atoms with Gasteiger partial charge in [-0.15, -0.1) is 10.2 Å². The molecule has 0 radical (unpaired) electrons. The lowest BCUT2D eigenvalue weighted by molar-refractivity contribution is -0.220. The fraction of sp³-hybridized carbons (Fsp3) is 0.667. The Morgan fingerprint density at radius 1 is 1.20 bits per heavy atom. The monoisotopic (exact) mass is 510 g/mol. The van der Waals surface area contributed by atoms with Gasteiger partial charge in [0.15, 0.2) is 5.16 Å². The maximum atomic E-state index is 12.4. The van der Waals surface area contributed by atoms with Crippen LogP contribution >= 0.6 is 11.8 Å². The molecule has 4 bridgehead atoms. The highest BCUT2D eigenvalue weighted by Crippen LogP contribution is 2.60. The van der Waals surface area contributed by atoms with Crippen LogP contribution in [-0.4, -0.2) is 43.3 Å². The zero-order valence-electron chi connectivity index (χ0n) is 19.3. The molecule has 1 N–H and O–H groups in total. The van der Waals surface area contributed by atoms with Gasteiger partial charge in [-0.2, -0.15) is 13.2 Å². The standard InChI is InChI=1S/C24H29F3N4O3S/c25-24(26,27)21(33)34-19(32)4-2-6-31-20(23-10-16-7-17(11-23)9-18(8-16)12-23)29-30-22(31)35-14-15-3-1-5-28-13-15/h1,3,5,13,16-19,32H,2,4,6-12,14H2. The van der Waals surface area contributed by atoms with Crippen LogP contribution in [0.15, 0.2) is 29.7 Å². The molecule has 2 heterocycles. The number of alkyl halides is 3. The van der Waals surface area contributed by atoms with Crippen LogP contribution in [0.25, 0.3) is 0 Å². The molecule has 35 heavy (non-hydrogen) atoms. The van der Waals surface area contributed by atoms with Crippen molar-refractivity contribution in [1.82, 2.24) is 19.7 Å². The average Bonchev–Trinajstić information content (AvgIpc) is 3.20. The summed E-state index contributed by atoms with van der Waals surface area (Å²) in [6.45, 7) is 0.431. The van der Waals surface area contributed by atoms with Crippen molar-refractivity contribution in [1.29, 1.82) is 0 Å². The van der Waals surface area contributed by atoms with Crippen molar-refractivity contribution in [3.63, 3.8) is 0 Å². The van der Waals surface area contributed by atoms with Crippen molar-refractivity contribution in [3.8, 4) is 0 Å². The van der Waals surface area contributed by atoms with Gasteiger partial charge in [0.1, 0.15) is 5.82 Å². The Kier molecular flexibility index (Phi) is 6.82. The van der Waals surface area contributed by atoms with Crippen LogP contribution in [-0.2, 0) is 27.2 Å². The van der Waals surface area contributed by atoms with E-state index in [0.29, 0.717) is 18.7 Å². The zero-order valence-corrected chi connectivity index (χ0v) is 20.1. The summed E-state index contributed by atoms with van der Waals surface area (Å²) < 4.78 is 43.5. The van der Waals surface area contributed by atoms with Crippen LogP contribution < -0.4 is 0 Å². The lowest BCUT2D eigenvalue weighted by Gasteiger charge is -2.56. The van der Waals surface area contributed by atoms with E-state index in [1.165, 1.54) is 19.3 Å². The van der Waals surface area contributed by atoms with E-state index in [4.69, 9.17) is 0 Å². The van der Waals surface area contributed by atoms with Crippen LogP contribution in [0.3, 0.4) is 0 Å². The van der Waals surface area contributed by atoms with Gasteiger partial charge in [-0.1, -0.05) is 17.8 Å². The van der Waals surface area contributed by atoms with Crippen molar-refractivity contribution < 1.29 is 27.8 Å². The summed E-state index contributed by atoms with van der Waals surface area (Å²) in [6.07, 6.45) is 4.02. The van der Waals surface area contributed by atoms with E-state index in [1.54, 1.807) is 24.2 Å². The topological polar surface area (TPSA) is 90.1 Å². The van der Waals surface area contributed by atoms with Gasteiger partial charge in [-0.05, 0) is 74.3 Å². The molecular formula is C24H29F3N4O3S. The molecule has 4 aliphatic carbocycles. The number of carbonyl (C=O) groups is 1. The summed E-state index contributed by atoms with van der Waals surface area (Å²) in [6, 6.07) is 3.87. The Morgan fingerprint density at radius 3 is 2.49 bits per heavy atom. The minimum Gasteiger partial charge on any atom is -0.429 e.